The second-order valence-electron chi connectivity index (χ2n) is 4.37. The van der Waals surface area contributed by atoms with Crippen molar-refractivity contribution in [1.82, 2.24) is 9.78 Å². The zero-order valence-electron chi connectivity index (χ0n) is 10.6. The zero-order valence-corrected chi connectivity index (χ0v) is 10.6. The lowest BCUT2D eigenvalue weighted by Crippen LogP contribution is -2.13. The Morgan fingerprint density at radius 1 is 1.16 bits per heavy atom. The second-order valence-corrected chi connectivity index (χ2v) is 4.37. The van der Waals surface area contributed by atoms with E-state index in [1.165, 1.54) is 0 Å². The number of nitrogens with zero attached hydrogens (tertiary/aromatic N) is 2. The number of halogens is 3. The predicted molar refractivity (Wildman–Crippen MR) is 67.2 cm³/mol. The molecular formula is C14H15F3N2. The summed E-state index contributed by atoms with van der Waals surface area (Å²) in [6, 6.07) is 9.53. The molecule has 0 unspecified atom stereocenters. The number of rotatable bonds is 4. The van der Waals surface area contributed by atoms with Crippen LogP contribution in [0.3, 0.4) is 0 Å². The average Bonchev–Trinajstić information content (AvgIpc) is 2.81. The van der Waals surface area contributed by atoms with Crippen LogP contribution in [-0.2, 0) is 12.6 Å². The van der Waals surface area contributed by atoms with Gasteiger partial charge in [-0.2, -0.15) is 18.3 Å². The van der Waals surface area contributed by atoms with Gasteiger partial charge in [-0.25, -0.2) is 4.68 Å². The summed E-state index contributed by atoms with van der Waals surface area (Å²) >= 11 is 0. The molecule has 2 rings (SSSR count). The Labute approximate surface area is 109 Å². The highest BCUT2D eigenvalue weighted by Crippen LogP contribution is 2.31. The molecular weight excluding hydrogens is 253 g/mol. The number of aromatic nitrogens is 2. The Kier molecular flexibility index (Phi) is 3.93. The molecule has 0 N–H and O–H groups in total. The first kappa shape index (κ1) is 13.6. The van der Waals surface area contributed by atoms with Crippen LogP contribution in [0.15, 0.2) is 36.4 Å². The topological polar surface area (TPSA) is 17.8 Å². The van der Waals surface area contributed by atoms with E-state index >= 15 is 0 Å². The lowest BCUT2D eigenvalue weighted by atomic mass is 10.2. The number of para-hydroxylation sites is 1. The highest BCUT2D eigenvalue weighted by molar-refractivity contribution is 5.34. The minimum Gasteiger partial charge on any atom is -0.228 e. The lowest BCUT2D eigenvalue weighted by molar-refractivity contribution is -0.142. The van der Waals surface area contributed by atoms with Crippen molar-refractivity contribution in [2.45, 2.75) is 32.4 Å². The molecule has 0 aliphatic rings. The van der Waals surface area contributed by atoms with E-state index in [1.54, 1.807) is 30.3 Å². The zero-order chi connectivity index (χ0) is 13.9. The standard InChI is InChI=1S/C14H15F3N2/c1-2-3-7-11-10-13(14(15,16)17)19(18-11)12-8-5-4-6-9-12/h4-6,8-10H,2-3,7H2,1H3. The smallest absolute Gasteiger partial charge is 0.228 e. The molecule has 0 spiro atoms. The number of aryl methyl sites for hydroxylation is 1. The summed E-state index contributed by atoms with van der Waals surface area (Å²) in [5.41, 5.74) is 0.195. The van der Waals surface area contributed by atoms with Crippen molar-refractivity contribution in [3.63, 3.8) is 0 Å². The van der Waals surface area contributed by atoms with Crippen molar-refractivity contribution < 1.29 is 13.2 Å². The first-order valence-corrected chi connectivity index (χ1v) is 6.24. The molecule has 0 atom stereocenters. The summed E-state index contributed by atoms with van der Waals surface area (Å²) in [7, 11) is 0. The predicted octanol–water partition coefficient (Wildman–Crippen LogP) is 4.23. The first-order chi connectivity index (χ1) is 9.02. The number of hydrogen-bond donors (Lipinski definition) is 0. The third-order valence-corrected chi connectivity index (χ3v) is 2.84. The third-order valence-electron chi connectivity index (χ3n) is 2.84. The summed E-state index contributed by atoms with van der Waals surface area (Å²) in [5.74, 6) is 0. The van der Waals surface area contributed by atoms with Crippen LogP contribution in [-0.4, -0.2) is 9.78 Å². The normalized spacial score (nSPS) is 11.8. The quantitative estimate of drug-likeness (QED) is 0.811. The van der Waals surface area contributed by atoms with Crippen LogP contribution in [0.25, 0.3) is 5.69 Å². The van der Waals surface area contributed by atoms with Crippen molar-refractivity contribution in [2.75, 3.05) is 0 Å². The molecule has 0 fully saturated rings. The fourth-order valence-electron chi connectivity index (χ4n) is 1.88. The number of benzene rings is 1. The number of unbranched alkanes of at least 4 members (excludes halogenated alkanes) is 1. The molecule has 19 heavy (non-hydrogen) atoms. The van der Waals surface area contributed by atoms with Crippen molar-refractivity contribution >= 4 is 0 Å². The van der Waals surface area contributed by atoms with Crippen molar-refractivity contribution in [3.05, 3.63) is 47.8 Å². The van der Waals surface area contributed by atoms with Crippen LogP contribution < -0.4 is 0 Å². The minimum atomic E-state index is -4.40. The van der Waals surface area contributed by atoms with Crippen LogP contribution >= 0.6 is 0 Å². The molecule has 0 radical (unpaired) electrons. The molecule has 0 aliphatic carbocycles. The Bertz CT molecular complexity index is 529. The first-order valence-electron chi connectivity index (χ1n) is 6.24. The van der Waals surface area contributed by atoms with E-state index in [2.05, 4.69) is 5.10 Å². The average molecular weight is 268 g/mol. The van der Waals surface area contributed by atoms with E-state index < -0.39 is 11.9 Å². The van der Waals surface area contributed by atoms with Gasteiger partial charge in [-0.1, -0.05) is 31.5 Å². The Morgan fingerprint density at radius 3 is 2.42 bits per heavy atom. The highest BCUT2D eigenvalue weighted by Gasteiger charge is 2.36. The van der Waals surface area contributed by atoms with Gasteiger partial charge in [0.1, 0.15) is 5.69 Å². The highest BCUT2D eigenvalue weighted by atomic mass is 19.4. The van der Waals surface area contributed by atoms with Gasteiger partial charge < -0.3 is 0 Å². The summed E-state index contributed by atoms with van der Waals surface area (Å²) in [4.78, 5) is 0. The minimum absolute atomic E-state index is 0.428. The van der Waals surface area contributed by atoms with Crippen LogP contribution in [0.4, 0.5) is 13.2 Å². The molecule has 5 heteroatoms. The fourth-order valence-corrected chi connectivity index (χ4v) is 1.88. The molecule has 1 heterocycles. The van der Waals surface area contributed by atoms with Crippen LogP contribution in [0.1, 0.15) is 31.2 Å². The largest absolute Gasteiger partial charge is 0.433 e. The summed E-state index contributed by atoms with van der Waals surface area (Å²) < 4.78 is 40.0. The summed E-state index contributed by atoms with van der Waals surface area (Å²) in [5, 5.41) is 4.08. The van der Waals surface area contributed by atoms with Gasteiger partial charge in [-0.3, -0.25) is 0 Å². The number of alkyl halides is 3. The lowest BCUT2D eigenvalue weighted by Gasteiger charge is -2.09. The van der Waals surface area contributed by atoms with Crippen molar-refractivity contribution in [2.24, 2.45) is 0 Å². The van der Waals surface area contributed by atoms with Gasteiger partial charge in [0, 0.05) is 0 Å². The molecule has 1 aromatic carbocycles. The monoisotopic (exact) mass is 268 g/mol. The van der Waals surface area contributed by atoms with E-state index in [9.17, 15) is 13.2 Å². The van der Waals surface area contributed by atoms with E-state index in [4.69, 9.17) is 0 Å². The number of hydrogen-bond acceptors (Lipinski definition) is 1. The van der Waals surface area contributed by atoms with Crippen LogP contribution in [0.2, 0.25) is 0 Å². The van der Waals surface area contributed by atoms with Gasteiger partial charge in [0.2, 0.25) is 0 Å². The van der Waals surface area contributed by atoms with Crippen molar-refractivity contribution in [3.8, 4) is 5.69 Å². The Hall–Kier alpha value is -1.78. The van der Waals surface area contributed by atoms with Gasteiger partial charge >= 0.3 is 6.18 Å². The maximum Gasteiger partial charge on any atom is 0.433 e. The van der Waals surface area contributed by atoms with Gasteiger partial charge in [-0.15, -0.1) is 0 Å². The molecule has 102 valence electrons. The SMILES string of the molecule is CCCCc1cc(C(F)(F)F)n(-c2ccccc2)n1. The van der Waals surface area contributed by atoms with Crippen LogP contribution in [0.5, 0.6) is 0 Å². The maximum atomic E-state index is 13.0. The van der Waals surface area contributed by atoms with E-state index in [0.29, 0.717) is 17.8 Å². The van der Waals surface area contributed by atoms with Gasteiger partial charge in [0.05, 0.1) is 11.4 Å². The molecule has 0 aliphatic heterocycles. The van der Waals surface area contributed by atoms with Gasteiger partial charge in [-0.05, 0) is 31.0 Å². The van der Waals surface area contributed by atoms with E-state index in [0.717, 1.165) is 23.6 Å². The summed E-state index contributed by atoms with van der Waals surface area (Å²) in [6.45, 7) is 2.00. The van der Waals surface area contributed by atoms with Gasteiger partial charge in [0.15, 0.2) is 0 Å². The molecule has 1 aromatic heterocycles. The Morgan fingerprint density at radius 2 is 1.84 bits per heavy atom. The molecule has 0 saturated heterocycles. The molecule has 0 bridgehead atoms. The third kappa shape index (κ3) is 3.16. The fraction of sp³-hybridized carbons (Fsp3) is 0.357. The molecule has 2 nitrogen and oxygen atoms in total. The van der Waals surface area contributed by atoms with E-state index in [-0.39, 0.29) is 0 Å². The summed E-state index contributed by atoms with van der Waals surface area (Å²) in [6.07, 6.45) is -2.06. The molecule has 0 amide bonds. The second kappa shape index (κ2) is 5.47. The van der Waals surface area contributed by atoms with E-state index in [1.807, 2.05) is 6.92 Å². The Balaban J connectivity index is 2.43. The van der Waals surface area contributed by atoms with Crippen LogP contribution in [0, 0.1) is 0 Å². The molecule has 2 aromatic rings. The van der Waals surface area contributed by atoms with Gasteiger partial charge in [0.25, 0.3) is 0 Å². The molecule has 0 saturated carbocycles. The van der Waals surface area contributed by atoms with Crippen molar-refractivity contribution in [1.29, 1.82) is 0 Å². The maximum absolute atomic E-state index is 13.0.